The minimum atomic E-state index is -0.0999. The summed E-state index contributed by atoms with van der Waals surface area (Å²) in [5.74, 6) is 0. The Hall–Kier alpha value is -1.15. The van der Waals surface area contributed by atoms with Crippen LogP contribution in [0.15, 0.2) is 30.3 Å². The molecule has 0 aromatic heterocycles. The Morgan fingerprint density at radius 3 is 2.35 bits per heavy atom. The third-order valence-electron chi connectivity index (χ3n) is 4.58. The molecule has 2 nitrogen and oxygen atoms in total. The molecule has 1 aromatic carbocycles. The van der Waals surface area contributed by atoms with Gasteiger partial charge >= 0.3 is 0 Å². The summed E-state index contributed by atoms with van der Waals surface area (Å²) in [6.07, 6.45) is 7.07. The summed E-state index contributed by atoms with van der Waals surface area (Å²) in [7, 11) is 0. The molecule has 1 fully saturated rings. The standard InChI is InChI=1S/C18H27NO/c1-16(2)19(13-17-9-5-3-6-10-17)14-18(15-20)11-7-4-8-12-18/h3,5-6,9-10,15-16H,4,7-8,11-14H2,1-2H3. The second kappa shape index (κ2) is 7.03. The molecular weight excluding hydrogens is 246 g/mol. The van der Waals surface area contributed by atoms with Crippen LogP contribution in [0.4, 0.5) is 0 Å². The topological polar surface area (TPSA) is 20.3 Å². The lowest BCUT2D eigenvalue weighted by atomic mass is 9.74. The van der Waals surface area contributed by atoms with Gasteiger partial charge in [-0.15, -0.1) is 0 Å². The Morgan fingerprint density at radius 2 is 1.80 bits per heavy atom. The number of carbonyl (C=O) groups is 1. The van der Waals surface area contributed by atoms with Gasteiger partial charge in [-0.2, -0.15) is 0 Å². The van der Waals surface area contributed by atoms with Crippen molar-refractivity contribution in [1.29, 1.82) is 0 Å². The van der Waals surface area contributed by atoms with Crippen LogP contribution >= 0.6 is 0 Å². The molecule has 0 saturated heterocycles. The first-order valence-corrected chi connectivity index (χ1v) is 7.89. The highest BCUT2D eigenvalue weighted by atomic mass is 16.1. The summed E-state index contributed by atoms with van der Waals surface area (Å²) >= 11 is 0. The molecule has 0 unspecified atom stereocenters. The normalized spacial score (nSPS) is 18.4. The van der Waals surface area contributed by atoms with E-state index in [4.69, 9.17) is 0 Å². The first kappa shape index (κ1) is 15.2. The van der Waals surface area contributed by atoms with E-state index in [0.717, 1.165) is 25.9 Å². The van der Waals surface area contributed by atoms with Gasteiger partial charge in [-0.3, -0.25) is 4.90 Å². The number of aldehydes is 1. The van der Waals surface area contributed by atoms with Crippen LogP contribution in [0.25, 0.3) is 0 Å². The molecule has 0 radical (unpaired) electrons. The Bertz CT molecular complexity index is 407. The van der Waals surface area contributed by atoms with Crippen molar-refractivity contribution in [3.8, 4) is 0 Å². The molecule has 0 N–H and O–H groups in total. The number of hydrogen-bond acceptors (Lipinski definition) is 2. The lowest BCUT2D eigenvalue weighted by Crippen LogP contribution is -2.43. The van der Waals surface area contributed by atoms with Crippen LogP contribution in [0.2, 0.25) is 0 Å². The molecule has 0 atom stereocenters. The maximum atomic E-state index is 11.7. The smallest absolute Gasteiger partial charge is 0.127 e. The third kappa shape index (κ3) is 3.92. The average molecular weight is 273 g/mol. The highest BCUT2D eigenvalue weighted by Crippen LogP contribution is 2.35. The summed E-state index contributed by atoms with van der Waals surface area (Å²) in [6.45, 7) is 6.30. The van der Waals surface area contributed by atoms with Gasteiger partial charge in [0.2, 0.25) is 0 Å². The van der Waals surface area contributed by atoms with E-state index in [0.29, 0.717) is 6.04 Å². The number of nitrogens with zero attached hydrogens (tertiary/aromatic N) is 1. The van der Waals surface area contributed by atoms with E-state index in [1.54, 1.807) is 0 Å². The molecule has 20 heavy (non-hydrogen) atoms. The van der Waals surface area contributed by atoms with Gasteiger partial charge in [-0.25, -0.2) is 0 Å². The second-order valence-electron chi connectivity index (χ2n) is 6.53. The van der Waals surface area contributed by atoms with Crippen LogP contribution in [0.3, 0.4) is 0 Å². The van der Waals surface area contributed by atoms with E-state index >= 15 is 0 Å². The van der Waals surface area contributed by atoms with Gasteiger partial charge in [0.1, 0.15) is 6.29 Å². The quantitative estimate of drug-likeness (QED) is 0.729. The highest BCUT2D eigenvalue weighted by molar-refractivity contribution is 5.60. The highest BCUT2D eigenvalue weighted by Gasteiger charge is 2.34. The van der Waals surface area contributed by atoms with Gasteiger partial charge in [0.05, 0.1) is 0 Å². The first-order valence-electron chi connectivity index (χ1n) is 7.89. The number of benzene rings is 1. The average Bonchev–Trinajstić information content (AvgIpc) is 2.48. The van der Waals surface area contributed by atoms with Crippen LogP contribution in [0.5, 0.6) is 0 Å². The lowest BCUT2D eigenvalue weighted by molar-refractivity contribution is -0.119. The molecule has 0 amide bonds. The molecule has 0 bridgehead atoms. The molecule has 0 heterocycles. The molecule has 0 aliphatic heterocycles. The summed E-state index contributed by atoms with van der Waals surface area (Å²) in [4.78, 5) is 14.1. The Labute approximate surface area is 123 Å². The van der Waals surface area contributed by atoms with Crippen LogP contribution in [-0.4, -0.2) is 23.8 Å². The molecular formula is C18H27NO. The van der Waals surface area contributed by atoms with Gasteiger partial charge in [0.15, 0.2) is 0 Å². The predicted molar refractivity (Wildman–Crippen MR) is 83.6 cm³/mol. The third-order valence-corrected chi connectivity index (χ3v) is 4.58. The van der Waals surface area contributed by atoms with Gasteiger partial charge in [-0.05, 0) is 32.3 Å². The van der Waals surface area contributed by atoms with Crippen molar-refractivity contribution in [3.63, 3.8) is 0 Å². The fourth-order valence-electron chi connectivity index (χ4n) is 3.21. The van der Waals surface area contributed by atoms with Crippen LogP contribution in [0.1, 0.15) is 51.5 Å². The lowest BCUT2D eigenvalue weighted by Gasteiger charge is -2.39. The number of rotatable bonds is 6. The van der Waals surface area contributed by atoms with E-state index < -0.39 is 0 Å². The van der Waals surface area contributed by atoms with Gasteiger partial charge in [0, 0.05) is 24.5 Å². The largest absolute Gasteiger partial charge is 0.303 e. The number of hydrogen-bond donors (Lipinski definition) is 0. The van der Waals surface area contributed by atoms with E-state index in [1.165, 1.54) is 31.1 Å². The fraction of sp³-hybridized carbons (Fsp3) is 0.611. The molecule has 1 aromatic rings. The Morgan fingerprint density at radius 1 is 1.15 bits per heavy atom. The first-order chi connectivity index (χ1) is 9.65. The van der Waals surface area contributed by atoms with Crippen LogP contribution < -0.4 is 0 Å². The fourth-order valence-corrected chi connectivity index (χ4v) is 3.21. The van der Waals surface area contributed by atoms with Gasteiger partial charge in [0.25, 0.3) is 0 Å². The Balaban J connectivity index is 2.06. The minimum Gasteiger partial charge on any atom is -0.303 e. The summed E-state index contributed by atoms with van der Waals surface area (Å²) < 4.78 is 0. The zero-order valence-corrected chi connectivity index (χ0v) is 12.8. The van der Waals surface area contributed by atoms with Gasteiger partial charge < -0.3 is 4.79 Å². The van der Waals surface area contributed by atoms with Crippen molar-refractivity contribution in [1.82, 2.24) is 4.90 Å². The molecule has 1 aliphatic carbocycles. The Kier molecular flexibility index (Phi) is 5.36. The molecule has 110 valence electrons. The van der Waals surface area contributed by atoms with E-state index in [-0.39, 0.29) is 5.41 Å². The molecule has 2 heteroatoms. The zero-order chi connectivity index (χ0) is 14.4. The molecule has 1 aliphatic rings. The van der Waals surface area contributed by atoms with E-state index in [2.05, 4.69) is 49.1 Å². The van der Waals surface area contributed by atoms with Crippen molar-refractivity contribution in [3.05, 3.63) is 35.9 Å². The predicted octanol–water partition coefficient (Wildman–Crippen LogP) is 4.05. The SMILES string of the molecule is CC(C)N(Cc1ccccc1)CC1(C=O)CCCCC1. The molecule has 1 saturated carbocycles. The summed E-state index contributed by atoms with van der Waals surface area (Å²) in [5.41, 5.74) is 1.23. The van der Waals surface area contributed by atoms with Crippen molar-refractivity contribution in [2.45, 2.75) is 58.5 Å². The summed E-state index contributed by atoms with van der Waals surface area (Å²) in [5, 5.41) is 0. The van der Waals surface area contributed by atoms with Crippen molar-refractivity contribution >= 4 is 6.29 Å². The minimum absolute atomic E-state index is 0.0999. The zero-order valence-electron chi connectivity index (χ0n) is 12.8. The van der Waals surface area contributed by atoms with Gasteiger partial charge in [-0.1, -0.05) is 49.6 Å². The van der Waals surface area contributed by atoms with Crippen molar-refractivity contribution in [2.24, 2.45) is 5.41 Å². The molecule has 2 rings (SSSR count). The van der Waals surface area contributed by atoms with Crippen LogP contribution in [-0.2, 0) is 11.3 Å². The maximum Gasteiger partial charge on any atom is 0.127 e. The van der Waals surface area contributed by atoms with Crippen molar-refractivity contribution < 1.29 is 4.79 Å². The second-order valence-corrected chi connectivity index (χ2v) is 6.53. The van der Waals surface area contributed by atoms with Crippen molar-refractivity contribution in [2.75, 3.05) is 6.54 Å². The van der Waals surface area contributed by atoms with Crippen LogP contribution in [0, 0.1) is 5.41 Å². The summed E-state index contributed by atoms with van der Waals surface area (Å²) in [6, 6.07) is 11.0. The maximum absolute atomic E-state index is 11.7. The van der Waals surface area contributed by atoms with E-state index in [9.17, 15) is 4.79 Å². The monoisotopic (exact) mass is 273 g/mol. The van der Waals surface area contributed by atoms with E-state index in [1.807, 2.05) is 0 Å². The number of carbonyl (C=O) groups excluding carboxylic acids is 1. The molecule has 0 spiro atoms.